The van der Waals surface area contributed by atoms with Gasteiger partial charge in [-0.15, -0.1) is 0 Å². The van der Waals surface area contributed by atoms with Gasteiger partial charge in [-0.05, 0) is 78.9 Å². The van der Waals surface area contributed by atoms with Crippen molar-refractivity contribution < 1.29 is 22.7 Å². The van der Waals surface area contributed by atoms with Crippen molar-refractivity contribution in [3.8, 4) is 11.5 Å². The molecule has 13 heteroatoms. The second-order valence-corrected chi connectivity index (χ2v) is 12.7. The molecular formula is C31H30N6O5S2. The van der Waals surface area contributed by atoms with E-state index >= 15 is 0 Å². The van der Waals surface area contributed by atoms with Gasteiger partial charge in [-0.1, -0.05) is 11.3 Å². The van der Waals surface area contributed by atoms with Crippen LogP contribution >= 0.6 is 11.3 Å². The number of rotatable bonds is 9. The van der Waals surface area contributed by atoms with Gasteiger partial charge in [0.1, 0.15) is 17.3 Å². The van der Waals surface area contributed by atoms with Crippen LogP contribution in [0.15, 0.2) is 90.0 Å². The zero-order chi connectivity index (χ0) is 30.7. The third-order valence-corrected chi connectivity index (χ3v) is 9.70. The van der Waals surface area contributed by atoms with Gasteiger partial charge in [0.25, 0.3) is 15.9 Å². The lowest BCUT2D eigenvalue weighted by Gasteiger charge is -2.36. The van der Waals surface area contributed by atoms with Gasteiger partial charge in [-0.3, -0.25) is 9.52 Å². The summed E-state index contributed by atoms with van der Waals surface area (Å²) in [6.07, 6.45) is 1.61. The Labute approximate surface area is 259 Å². The Morgan fingerprint density at radius 1 is 0.886 bits per heavy atom. The zero-order valence-electron chi connectivity index (χ0n) is 24.1. The Kier molecular flexibility index (Phi) is 8.22. The quantitative estimate of drug-likeness (QED) is 0.226. The van der Waals surface area contributed by atoms with E-state index in [1.54, 1.807) is 56.8 Å². The van der Waals surface area contributed by atoms with Crippen LogP contribution in [-0.4, -0.2) is 69.6 Å². The van der Waals surface area contributed by atoms with Crippen LogP contribution in [0, 0.1) is 0 Å². The molecule has 0 radical (unpaired) electrons. The highest BCUT2D eigenvalue weighted by Crippen LogP contribution is 2.31. The first-order valence-corrected chi connectivity index (χ1v) is 16.1. The predicted octanol–water partition coefficient (Wildman–Crippen LogP) is 5.22. The van der Waals surface area contributed by atoms with Crippen molar-refractivity contribution in [2.24, 2.45) is 0 Å². The molecule has 1 fully saturated rings. The number of nitrogens with one attached hydrogen (secondary N) is 2. The number of aromatic nitrogens is 2. The van der Waals surface area contributed by atoms with Crippen LogP contribution in [0.5, 0.6) is 11.5 Å². The molecule has 0 saturated carbocycles. The third kappa shape index (κ3) is 6.24. The minimum atomic E-state index is -3.88. The fourth-order valence-corrected chi connectivity index (χ4v) is 7.04. The molecule has 1 saturated heterocycles. The molecule has 11 nitrogen and oxygen atoms in total. The van der Waals surface area contributed by atoms with E-state index < -0.39 is 10.0 Å². The third-order valence-electron chi connectivity index (χ3n) is 7.29. The zero-order valence-corrected chi connectivity index (χ0v) is 25.7. The second-order valence-electron chi connectivity index (χ2n) is 9.98. The standard InChI is InChI=1S/C31H30N6O5S2/c1-41-23-9-7-22(8-10-23)36-16-18-37(19-17-36)30(38)26-4-3-15-32-29(26)33-21-5-12-25(13-6-21)44(39,40)35-31-34-27-14-11-24(42-2)20-28(27)43-31/h3-15,20H,16-19H2,1-2H3,(H,32,33)(H,34,35). The first-order valence-electron chi connectivity index (χ1n) is 13.8. The van der Waals surface area contributed by atoms with E-state index in [2.05, 4.69) is 24.9 Å². The van der Waals surface area contributed by atoms with Gasteiger partial charge in [0.2, 0.25) is 0 Å². The van der Waals surface area contributed by atoms with Crippen molar-refractivity contribution in [1.82, 2.24) is 14.9 Å². The molecule has 2 aromatic heterocycles. The van der Waals surface area contributed by atoms with Crippen molar-refractivity contribution in [2.75, 3.05) is 55.3 Å². The average Bonchev–Trinajstić information content (AvgIpc) is 3.46. The number of benzene rings is 3. The molecular weight excluding hydrogens is 601 g/mol. The van der Waals surface area contributed by atoms with Crippen molar-refractivity contribution in [3.63, 3.8) is 0 Å². The molecule has 3 aromatic carbocycles. The normalized spacial score (nSPS) is 13.5. The van der Waals surface area contributed by atoms with Crippen LogP contribution < -0.4 is 24.4 Å². The topological polar surface area (TPSA) is 126 Å². The Bertz CT molecular complexity index is 1890. The maximum Gasteiger partial charge on any atom is 0.263 e. The van der Waals surface area contributed by atoms with Gasteiger partial charge in [-0.2, -0.15) is 0 Å². The molecule has 0 atom stereocenters. The van der Waals surface area contributed by atoms with E-state index in [-0.39, 0.29) is 15.9 Å². The highest BCUT2D eigenvalue weighted by atomic mass is 32.2. The number of ether oxygens (including phenoxy) is 2. The number of piperazine rings is 1. The molecule has 1 amide bonds. The Morgan fingerprint density at radius 3 is 2.30 bits per heavy atom. The molecule has 1 aliphatic heterocycles. The smallest absolute Gasteiger partial charge is 0.263 e. The van der Waals surface area contributed by atoms with Crippen LogP contribution in [0.4, 0.5) is 22.3 Å². The number of hydrogen-bond donors (Lipinski definition) is 2. The van der Waals surface area contributed by atoms with E-state index in [4.69, 9.17) is 9.47 Å². The molecule has 5 aromatic rings. The lowest BCUT2D eigenvalue weighted by Crippen LogP contribution is -2.48. The number of thiazole rings is 1. The second kappa shape index (κ2) is 12.4. The van der Waals surface area contributed by atoms with Crippen molar-refractivity contribution in [1.29, 1.82) is 0 Å². The summed E-state index contributed by atoms with van der Waals surface area (Å²) >= 11 is 1.22. The molecule has 44 heavy (non-hydrogen) atoms. The number of methoxy groups -OCH3 is 2. The summed E-state index contributed by atoms with van der Waals surface area (Å²) in [6.45, 7) is 2.55. The maximum atomic E-state index is 13.5. The van der Waals surface area contributed by atoms with Gasteiger partial charge >= 0.3 is 0 Å². The van der Waals surface area contributed by atoms with Gasteiger partial charge in [-0.25, -0.2) is 18.4 Å². The molecule has 0 unspecified atom stereocenters. The molecule has 3 heterocycles. The molecule has 226 valence electrons. The van der Waals surface area contributed by atoms with Gasteiger partial charge < -0.3 is 24.6 Å². The summed E-state index contributed by atoms with van der Waals surface area (Å²) < 4.78 is 40.0. The van der Waals surface area contributed by atoms with E-state index in [0.717, 1.165) is 16.1 Å². The number of carbonyl (C=O) groups excluding carboxylic acids is 1. The van der Waals surface area contributed by atoms with Gasteiger partial charge in [0.15, 0.2) is 5.13 Å². The summed E-state index contributed by atoms with van der Waals surface area (Å²) in [7, 11) is -0.664. The van der Waals surface area contributed by atoms with E-state index in [1.807, 2.05) is 35.2 Å². The Hall–Kier alpha value is -4.88. The van der Waals surface area contributed by atoms with Gasteiger partial charge in [0, 0.05) is 43.8 Å². The number of sulfonamides is 1. The van der Waals surface area contributed by atoms with Crippen LogP contribution in [0.2, 0.25) is 0 Å². The number of carbonyl (C=O) groups is 1. The molecule has 1 aliphatic rings. The van der Waals surface area contributed by atoms with Crippen LogP contribution in [0.25, 0.3) is 10.2 Å². The maximum absolute atomic E-state index is 13.5. The van der Waals surface area contributed by atoms with Crippen LogP contribution in [-0.2, 0) is 10.0 Å². The minimum absolute atomic E-state index is 0.0759. The molecule has 6 rings (SSSR count). The highest BCUT2D eigenvalue weighted by Gasteiger charge is 2.25. The average molecular weight is 631 g/mol. The fourth-order valence-electron chi connectivity index (χ4n) is 4.91. The largest absolute Gasteiger partial charge is 0.497 e. The molecule has 2 N–H and O–H groups in total. The summed E-state index contributed by atoms with van der Waals surface area (Å²) in [5.41, 5.74) is 2.79. The van der Waals surface area contributed by atoms with E-state index in [0.29, 0.717) is 54.5 Å². The lowest BCUT2D eigenvalue weighted by molar-refractivity contribution is 0.0747. The number of anilines is 4. The number of nitrogens with zero attached hydrogens (tertiary/aromatic N) is 4. The first kappa shape index (κ1) is 29.2. The van der Waals surface area contributed by atoms with Crippen molar-refractivity contribution in [3.05, 3.63) is 90.6 Å². The number of pyridine rings is 1. The van der Waals surface area contributed by atoms with Gasteiger partial charge in [0.05, 0.1) is 34.9 Å². The highest BCUT2D eigenvalue weighted by molar-refractivity contribution is 7.93. The number of fused-ring (bicyclic) bond motifs is 1. The summed E-state index contributed by atoms with van der Waals surface area (Å²) in [4.78, 5) is 26.4. The fraction of sp³-hybridized carbons (Fsp3) is 0.194. The number of amides is 1. The Balaban J connectivity index is 1.11. The monoisotopic (exact) mass is 630 g/mol. The van der Waals surface area contributed by atoms with Crippen LogP contribution in [0.1, 0.15) is 10.4 Å². The molecule has 0 spiro atoms. The van der Waals surface area contributed by atoms with Crippen molar-refractivity contribution in [2.45, 2.75) is 4.90 Å². The Morgan fingerprint density at radius 2 is 1.59 bits per heavy atom. The molecule has 0 bridgehead atoms. The van der Waals surface area contributed by atoms with Crippen LogP contribution in [0.3, 0.4) is 0 Å². The van der Waals surface area contributed by atoms with Crippen molar-refractivity contribution >= 4 is 59.8 Å². The summed E-state index contributed by atoms with van der Waals surface area (Å²) in [5.74, 6) is 1.75. The van der Waals surface area contributed by atoms with E-state index in [1.165, 1.54) is 23.5 Å². The SMILES string of the molecule is COc1ccc(N2CCN(C(=O)c3cccnc3Nc3ccc(S(=O)(=O)Nc4nc5ccc(OC)cc5s4)cc3)CC2)cc1. The minimum Gasteiger partial charge on any atom is -0.497 e. The number of hydrogen-bond acceptors (Lipinski definition) is 10. The lowest BCUT2D eigenvalue weighted by atomic mass is 10.2. The van der Waals surface area contributed by atoms with E-state index in [9.17, 15) is 13.2 Å². The summed E-state index contributed by atoms with van der Waals surface area (Å²) in [5, 5.41) is 3.44. The predicted molar refractivity (Wildman–Crippen MR) is 172 cm³/mol. The summed E-state index contributed by atoms with van der Waals surface area (Å²) in [6, 6.07) is 23.0. The first-order chi connectivity index (χ1) is 21.3. The molecule has 0 aliphatic carbocycles.